The summed E-state index contributed by atoms with van der Waals surface area (Å²) in [5, 5.41) is 50.2. The van der Waals surface area contributed by atoms with E-state index in [-0.39, 0.29) is 12.8 Å². The van der Waals surface area contributed by atoms with E-state index in [9.17, 15) is 44.6 Å². The molecule has 0 saturated heterocycles. The monoisotopic (exact) mass is 891 g/mol. The van der Waals surface area contributed by atoms with Gasteiger partial charge in [0.2, 0.25) is 0 Å². The molecule has 0 spiro atoms. The number of phosphoric ester groups is 1. The Labute approximate surface area is 368 Å². The van der Waals surface area contributed by atoms with Crippen LogP contribution in [0.4, 0.5) is 0 Å². The van der Waals surface area contributed by atoms with Gasteiger partial charge in [-0.2, -0.15) is 0 Å². The van der Waals surface area contributed by atoms with Gasteiger partial charge in [0.25, 0.3) is 0 Å². The van der Waals surface area contributed by atoms with Crippen LogP contribution >= 0.6 is 7.82 Å². The molecule has 0 bridgehead atoms. The van der Waals surface area contributed by atoms with E-state index in [0.29, 0.717) is 12.8 Å². The highest BCUT2D eigenvalue weighted by Gasteiger charge is 2.51. The minimum atomic E-state index is -5.12. The Morgan fingerprint density at radius 1 is 0.492 bits per heavy atom. The third-order valence-electron chi connectivity index (χ3n) is 11.3. The van der Waals surface area contributed by atoms with Gasteiger partial charge in [0, 0.05) is 12.8 Å². The lowest BCUT2D eigenvalue weighted by atomic mass is 9.85. The zero-order valence-electron chi connectivity index (χ0n) is 38.0. The lowest BCUT2D eigenvalue weighted by molar-refractivity contribution is -0.220. The minimum absolute atomic E-state index is 0.0869. The van der Waals surface area contributed by atoms with Gasteiger partial charge in [-0.25, -0.2) is 4.57 Å². The second kappa shape index (κ2) is 37.7. The highest BCUT2D eigenvalue weighted by Crippen LogP contribution is 2.47. The third-order valence-corrected chi connectivity index (χ3v) is 12.3. The summed E-state index contributed by atoms with van der Waals surface area (Å²) < 4.78 is 33.5. The van der Waals surface area contributed by atoms with Crippen LogP contribution in [0, 0.1) is 0 Å². The van der Waals surface area contributed by atoms with Crippen LogP contribution in [0.5, 0.6) is 0 Å². The number of ether oxygens (including phenoxy) is 2. The molecule has 6 unspecified atom stereocenters. The molecule has 0 heterocycles. The molecule has 0 aromatic rings. The lowest BCUT2D eigenvalue weighted by Gasteiger charge is -2.41. The number of carbonyl (C=O) groups excluding carboxylic acids is 2. The van der Waals surface area contributed by atoms with Gasteiger partial charge in [-0.1, -0.05) is 154 Å². The first kappa shape index (κ1) is 57.3. The molecule has 6 atom stereocenters. The number of hydrogen-bond donors (Lipinski definition) is 6. The maximum atomic E-state index is 12.8. The smallest absolute Gasteiger partial charge is 0.462 e. The summed E-state index contributed by atoms with van der Waals surface area (Å²) in [5.41, 5.74) is 0. The molecule has 0 amide bonds. The minimum Gasteiger partial charge on any atom is -0.462 e. The molecule has 1 saturated carbocycles. The van der Waals surface area contributed by atoms with E-state index in [2.05, 4.69) is 38.2 Å². The fraction of sp³-hybridized carbons (Fsp3) is 0.872. The number of hydrogen-bond acceptors (Lipinski definition) is 12. The van der Waals surface area contributed by atoms with Crippen molar-refractivity contribution in [3.63, 3.8) is 0 Å². The molecule has 13 nitrogen and oxygen atoms in total. The number of esters is 2. The van der Waals surface area contributed by atoms with Gasteiger partial charge in [0.05, 0.1) is 6.61 Å². The molecule has 1 fully saturated rings. The Bertz CT molecular complexity index is 1170. The van der Waals surface area contributed by atoms with Crippen molar-refractivity contribution in [1.29, 1.82) is 0 Å². The SMILES string of the molecule is CCCCCCCCC/C=C\CCCCCCCC(=O)OCC(COP(=O)(O)OC1C(O)C(O)C(O)C(O)C1O)OC(=O)CCCCCCC/C=C\CCCCCCCCC. The van der Waals surface area contributed by atoms with Gasteiger partial charge in [-0.15, -0.1) is 0 Å². The fourth-order valence-electron chi connectivity index (χ4n) is 7.34. The molecule has 0 aromatic carbocycles. The summed E-state index contributed by atoms with van der Waals surface area (Å²) in [7, 11) is -5.12. The van der Waals surface area contributed by atoms with Gasteiger partial charge < -0.3 is 39.9 Å². The average molecular weight is 891 g/mol. The first-order chi connectivity index (χ1) is 29.4. The van der Waals surface area contributed by atoms with E-state index >= 15 is 0 Å². The Hall–Kier alpha value is -1.67. The van der Waals surface area contributed by atoms with E-state index in [1.165, 1.54) is 89.9 Å². The molecule has 0 aromatic heterocycles. The van der Waals surface area contributed by atoms with Crippen molar-refractivity contribution in [1.82, 2.24) is 0 Å². The summed E-state index contributed by atoms with van der Waals surface area (Å²) in [4.78, 5) is 35.7. The normalized spacial score (nSPS) is 22.2. The van der Waals surface area contributed by atoms with Crippen molar-refractivity contribution in [2.75, 3.05) is 13.2 Å². The highest BCUT2D eigenvalue weighted by molar-refractivity contribution is 7.47. The third kappa shape index (κ3) is 30.2. The van der Waals surface area contributed by atoms with Crippen LogP contribution in [-0.2, 0) is 32.7 Å². The van der Waals surface area contributed by atoms with Crippen LogP contribution in [0.15, 0.2) is 24.3 Å². The summed E-state index contributed by atoms with van der Waals surface area (Å²) >= 11 is 0. The predicted molar refractivity (Wildman–Crippen MR) is 240 cm³/mol. The number of allylic oxidation sites excluding steroid dienone is 4. The summed E-state index contributed by atoms with van der Waals surface area (Å²) in [6.07, 6.45) is 28.0. The zero-order chi connectivity index (χ0) is 45.0. The van der Waals surface area contributed by atoms with Crippen molar-refractivity contribution in [3.8, 4) is 0 Å². The molecule has 1 aliphatic carbocycles. The molecule has 6 N–H and O–H groups in total. The lowest BCUT2D eigenvalue weighted by Crippen LogP contribution is -2.64. The van der Waals surface area contributed by atoms with Gasteiger partial charge in [-0.05, 0) is 64.2 Å². The maximum absolute atomic E-state index is 12.8. The molecular formula is C47H87O13P. The average Bonchev–Trinajstić information content (AvgIpc) is 3.24. The van der Waals surface area contributed by atoms with Gasteiger partial charge in [0.15, 0.2) is 6.10 Å². The van der Waals surface area contributed by atoms with Crippen molar-refractivity contribution < 1.29 is 63.1 Å². The molecule has 61 heavy (non-hydrogen) atoms. The summed E-state index contributed by atoms with van der Waals surface area (Å²) in [6.45, 7) is 3.29. The Kier molecular flexibility index (Phi) is 35.4. The molecule has 0 radical (unpaired) electrons. The number of unbranched alkanes of at least 4 members (excludes halogenated alkanes) is 24. The molecule has 14 heteroatoms. The van der Waals surface area contributed by atoms with Crippen molar-refractivity contribution in [3.05, 3.63) is 24.3 Å². The maximum Gasteiger partial charge on any atom is 0.472 e. The summed E-state index contributed by atoms with van der Waals surface area (Å²) in [5.74, 6) is -1.11. The number of aliphatic hydroxyl groups excluding tert-OH is 5. The standard InChI is InChI=1S/C47H87O13P/c1-3-5-7-9-11-13-15-17-19-21-23-25-27-29-31-33-35-40(48)57-37-39(38-58-61(55,56)60-47-45(53)43(51)42(50)44(52)46(47)54)59-41(49)36-34-32-30-28-26-24-22-20-18-16-14-12-10-8-6-4-2/h19-22,39,42-47,50-54H,3-18,23-38H2,1-2H3,(H,55,56)/b21-19-,22-20-. The summed E-state index contributed by atoms with van der Waals surface area (Å²) in [6, 6.07) is 0. The number of phosphoric acid groups is 1. The van der Waals surface area contributed by atoms with Crippen LogP contribution in [0.2, 0.25) is 0 Å². The van der Waals surface area contributed by atoms with E-state index in [0.717, 1.165) is 77.0 Å². The van der Waals surface area contributed by atoms with E-state index < -0.39 is 75.7 Å². The first-order valence-electron chi connectivity index (χ1n) is 24.1. The molecule has 0 aliphatic heterocycles. The molecule has 1 rings (SSSR count). The van der Waals surface area contributed by atoms with Crippen LogP contribution in [0.25, 0.3) is 0 Å². The van der Waals surface area contributed by atoms with Crippen LogP contribution < -0.4 is 0 Å². The number of rotatable bonds is 40. The Balaban J connectivity index is 2.45. The number of carbonyl (C=O) groups is 2. The van der Waals surface area contributed by atoms with E-state index in [1.54, 1.807) is 0 Å². The topological polar surface area (TPSA) is 210 Å². The second-order valence-corrected chi connectivity index (χ2v) is 18.4. The molecule has 1 aliphatic rings. The number of aliphatic hydroxyl groups is 5. The van der Waals surface area contributed by atoms with E-state index in [4.69, 9.17) is 18.5 Å². The zero-order valence-corrected chi connectivity index (χ0v) is 38.9. The van der Waals surface area contributed by atoms with Crippen molar-refractivity contribution in [2.45, 2.75) is 249 Å². The second-order valence-electron chi connectivity index (χ2n) is 17.0. The quantitative estimate of drug-likeness (QED) is 0.0147. The van der Waals surface area contributed by atoms with Crippen LogP contribution in [-0.4, -0.2) is 98.3 Å². The van der Waals surface area contributed by atoms with Crippen molar-refractivity contribution in [2.24, 2.45) is 0 Å². The first-order valence-corrected chi connectivity index (χ1v) is 25.6. The fourth-order valence-corrected chi connectivity index (χ4v) is 8.31. The Morgan fingerprint density at radius 3 is 1.25 bits per heavy atom. The van der Waals surface area contributed by atoms with Crippen molar-refractivity contribution >= 4 is 19.8 Å². The molecular weight excluding hydrogens is 803 g/mol. The predicted octanol–water partition coefficient (Wildman–Crippen LogP) is 9.62. The Morgan fingerprint density at radius 2 is 0.836 bits per heavy atom. The van der Waals surface area contributed by atoms with Crippen LogP contribution in [0.3, 0.4) is 0 Å². The van der Waals surface area contributed by atoms with Gasteiger partial charge >= 0.3 is 19.8 Å². The van der Waals surface area contributed by atoms with Crippen LogP contribution in [0.1, 0.15) is 206 Å². The largest absolute Gasteiger partial charge is 0.472 e. The van der Waals surface area contributed by atoms with Gasteiger partial charge in [0.1, 0.15) is 43.2 Å². The van der Waals surface area contributed by atoms with E-state index in [1.807, 2.05) is 0 Å². The molecule has 358 valence electrons. The van der Waals surface area contributed by atoms with Gasteiger partial charge in [-0.3, -0.25) is 18.6 Å². The highest BCUT2D eigenvalue weighted by atomic mass is 31.2.